The smallest absolute Gasteiger partial charge is 0.416 e. The SMILES string of the molecule is COC(=O)c1ccnc(-c2cc(N3CCCCC3)ccc2[N+](=O)[O-])c1.Nc1ccc(N2CCCCC2)cc1-c1cc(C(=O)NCc2cccc(C(F)(F)F)c2)ccn1.O=C(NCc1cccc(C(F)(F)F)c1)c1ccnc(-c2cc(N3CCCCC3)ccc2[N+](=O)[O-])c1.O=C(O)c1ccnc(-c2cc(N3CCCCC3)ccc2[N+](=O)[O-])c1. The number of nitrogen functional groups attached to an aromatic ring is 1. The highest BCUT2D eigenvalue weighted by Gasteiger charge is 2.33. The topological polar surface area (TPSA) is 342 Å². The number of benzene rings is 6. The molecular weight excluding hydrogens is 1520 g/mol. The molecule has 5 N–H and O–H groups in total. The largest absolute Gasteiger partial charge is 0.478 e. The number of ether oxygens (including phenoxy) is 1. The number of nitrogens with zero attached hydrogens (tertiary/aromatic N) is 11. The number of amides is 2. The fourth-order valence-corrected chi connectivity index (χ4v) is 14.1. The molecule has 117 heavy (non-hydrogen) atoms. The summed E-state index contributed by atoms with van der Waals surface area (Å²) >= 11 is 0. The molecule has 0 spiro atoms. The number of carbonyl (C=O) groups is 4. The normalized spacial score (nSPS) is 14.2. The second-order valence-electron chi connectivity index (χ2n) is 28.1. The van der Waals surface area contributed by atoms with Crippen molar-refractivity contribution >= 4 is 69.3 Å². The van der Waals surface area contributed by atoms with Crippen LogP contribution in [0.2, 0.25) is 0 Å². The minimum Gasteiger partial charge on any atom is -0.478 e. The van der Waals surface area contributed by atoms with Crippen LogP contribution < -0.4 is 36.0 Å². The number of aromatic nitrogens is 4. The second kappa shape index (κ2) is 39.1. The first-order chi connectivity index (χ1) is 56.2. The molecule has 4 fully saturated rings. The summed E-state index contributed by atoms with van der Waals surface area (Å²) in [5, 5.41) is 48.8. The van der Waals surface area contributed by atoms with E-state index in [9.17, 15) is 75.9 Å². The maximum absolute atomic E-state index is 12.9. The van der Waals surface area contributed by atoms with E-state index in [1.807, 2.05) is 18.2 Å². The van der Waals surface area contributed by atoms with E-state index >= 15 is 0 Å². The third-order valence-corrected chi connectivity index (χ3v) is 20.2. The van der Waals surface area contributed by atoms with Crippen molar-refractivity contribution in [3.8, 4) is 45.0 Å². The fourth-order valence-electron chi connectivity index (χ4n) is 14.1. The number of hydrogen-bond acceptors (Lipinski definition) is 20. The molecule has 4 saturated heterocycles. The van der Waals surface area contributed by atoms with Crippen LogP contribution in [0.3, 0.4) is 0 Å². The van der Waals surface area contributed by atoms with Gasteiger partial charge in [-0.15, -0.1) is 0 Å². The number of methoxy groups -OCH3 is 1. The van der Waals surface area contributed by atoms with Crippen LogP contribution in [0.5, 0.6) is 0 Å². The number of anilines is 5. The second-order valence-corrected chi connectivity index (χ2v) is 28.1. The molecule has 14 rings (SSSR count). The number of piperidine rings is 4. The van der Waals surface area contributed by atoms with Gasteiger partial charge in [-0.25, -0.2) is 9.59 Å². The number of hydrogen-bond donors (Lipinski definition) is 4. The summed E-state index contributed by atoms with van der Waals surface area (Å²) in [6.07, 6.45) is 10.4. The van der Waals surface area contributed by atoms with Crippen molar-refractivity contribution in [2.75, 3.05) is 84.8 Å². The highest BCUT2D eigenvalue weighted by Crippen LogP contribution is 2.39. The summed E-state index contributed by atoms with van der Waals surface area (Å²) < 4.78 is 82.2. The Morgan fingerprint density at radius 1 is 0.410 bits per heavy atom. The Kier molecular flexibility index (Phi) is 28.2. The molecule has 10 aromatic rings. The number of rotatable bonds is 19. The molecule has 32 heteroatoms. The molecule has 8 heterocycles. The van der Waals surface area contributed by atoms with E-state index in [1.165, 1.54) is 124 Å². The fraction of sp³-hybridized carbons (Fsp3) is 0.294. The lowest BCUT2D eigenvalue weighted by Crippen LogP contribution is -2.29. The number of halogens is 6. The van der Waals surface area contributed by atoms with Crippen LogP contribution in [0.25, 0.3) is 45.0 Å². The van der Waals surface area contributed by atoms with E-state index < -0.39 is 62.0 Å². The molecule has 0 aliphatic carbocycles. The molecule has 4 aliphatic heterocycles. The predicted molar refractivity (Wildman–Crippen MR) is 431 cm³/mol. The van der Waals surface area contributed by atoms with Crippen LogP contribution in [-0.2, 0) is 30.2 Å². The van der Waals surface area contributed by atoms with E-state index in [1.54, 1.807) is 54.6 Å². The molecule has 2 amide bonds. The van der Waals surface area contributed by atoms with Gasteiger partial charge >= 0.3 is 24.3 Å². The van der Waals surface area contributed by atoms with Gasteiger partial charge in [0.05, 0.1) is 83.6 Å². The van der Waals surface area contributed by atoms with E-state index in [2.05, 4.69) is 50.2 Å². The van der Waals surface area contributed by atoms with Crippen LogP contribution in [0.15, 0.2) is 195 Å². The first-order valence-corrected chi connectivity index (χ1v) is 38.0. The van der Waals surface area contributed by atoms with Crippen molar-refractivity contribution in [1.82, 2.24) is 30.6 Å². The number of nitrogens with one attached hydrogen (secondary N) is 2. The quantitative estimate of drug-likeness (QED) is 0.0192. The Hall–Kier alpha value is -13.4. The standard InChI is InChI=1S/C25H23F3N4O3.C25H25F3N4O.C18H19N3O4.C17H17N3O4/c26-25(27,28)19-6-4-5-17(13-19)16-30-24(33)18-9-10-29-22(14-18)21-15-20(7-8-23(21)32(34)35)31-11-2-1-3-12-31;26-25(27,28)19-6-4-5-17(13-19)16-31-24(33)18-9-10-30-23(14-18)21-15-20(7-8-22(21)29)32-11-2-1-3-12-32;1-25-18(22)13-7-8-19-16(11-13)15-12-14(5-6-17(15)21(23)24)20-9-3-2-4-10-20;21-17(22)12-6-7-18-15(10-12)14-11-13(4-5-16(14)20(23)24)19-8-2-1-3-9-19/h4-10,13-15H,1-3,11-12,16H2,(H,30,33);4-10,13-15H,1-3,11-12,16,29H2,(H,31,33);5-8,11-12H,2-4,9-10H2,1H3;4-7,10-11H,1-3,8-9H2,(H,21,22). The molecule has 0 saturated carbocycles. The highest BCUT2D eigenvalue weighted by atomic mass is 19.4. The zero-order valence-electron chi connectivity index (χ0n) is 63.7. The summed E-state index contributed by atoms with van der Waals surface area (Å²) in [4.78, 5) is 107. The summed E-state index contributed by atoms with van der Waals surface area (Å²) in [6, 6.07) is 42.2. The third-order valence-electron chi connectivity index (χ3n) is 20.2. The van der Waals surface area contributed by atoms with Crippen LogP contribution in [0, 0.1) is 30.3 Å². The number of carbonyl (C=O) groups excluding carboxylic acids is 3. The average molecular weight is 1610 g/mol. The van der Waals surface area contributed by atoms with Crippen molar-refractivity contribution in [3.63, 3.8) is 0 Å². The lowest BCUT2D eigenvalue weighted by atomic mass is 10.0. The number of pyridine rings is 4. The zero-order chi connectivity index (χ0) is 83.3. The van der Waals surface area contributed by atoms with Crippen LogP contribution in [0.1, 0.15) is 141 Å². The third kappa shape index (κ3) is 22.5. The Balaban J connectivity index is 0.000000155. The van der Waals surface area contributed by atoms with Crippen molar-refractivity contribution in [2.24, 2.45) is 0 Å². The number of carboxylic acids is 1. The number of alkyl halides is 6. The van der Waals surface area contributed by atoms with E-state index in [0.717, 1.165) is 163 Å². The van der Waals surface area contributed by atoms with E-state index in [4.69, 9.17) is 15.6 Å². The van der Waals surface area contributed by atoms with Crippen molar-refractivity contribution in [3.05, 3.63) is 269 Å². The summed E-state index contributed by atoms with van der Waals surface area (Å²) in [5.41, 5.74) is 13.6. The van der Waals surface area contributed by atoms with Gasteiger partial charge in [0.15, 0.2) is 0 Å². The van der Waals surface area contributed by atoms with Gasteiger partial charge in [0, 0.05) is 154 Å². The summed E-state index contributed by atoms with van der Waals surface area (Å²) in [5.74, 6) is -2.52. The summed E-state index contributed by atoms with van der Waals surface area (Å²) in [7, 11) is 1.29. The van der Waals surface area contributed by atoms with Gasteiger partial charge in [-0.1, -0.05) is 24.3 Å². The van der Waals surface area contributed by atoms with Crippen LogP contribution in [0.4, 0.5) is 71.8 Å². The average Bonchev–Trinajstić information content (AvgIpc) is 0.805. The number of nitrogens with two attached hydrogens (primary N) is 1. The van der Waals surface area contributed by atoms with Gasteiger partial charge in [0.25, 0.3) is 28.9 Å². The highest BCUT2D eigenvalue weighted by molar-refractivity contribution is 5.97. The maximum atomic E-state index is 12.9. The molecular formula is C85H84F6N14O12. The van der Waals surface area contributed by atoms with Gasteiger partial charge in [-0.2, -0.15) is 26.3 Å². The molecule has 0 radical (unpaired) electrons. The Labute approximate surface area is 668 Å². The molecule has 0 unspecified atom stereocenters. The first kappa shape index (κ1) is 84.5. The van der Waals surface area contributed by atoms with Crippen molar-refractivity contribution in [1.29, 1.82) is 0 Å². The van der Waals surface area contributed by atoms with Crippen molar-refractivity contribution < 1.29 is 70.1 Å². The number of carboxylic acid groups (broad SMARTS) is 1. The van der Waals surface area contributed by atoms with Gasteiger partial charge < -0.3 is 45.8 Å². The number of nitro groups is 3. The van der Waals surface area contributed by atoms with Gasteiger partial charge in [0.1, 0.15) is 0 Å². The Bertz CT molecular complexity index is 5240. The molecule has 26 nitrogen and oxygen atoms in total. The number of nitro benzene ring substituents is 3. The van der Waals surface area contributed by atoms with E-state index in [0.29, 0.717) is 61.7 Å². The number of aromatic carboxylic acids is 1. The predicted octanol–water partition coefficient (Wildman–Crippen LogP) is 17.6. The van der Waals surface area contributed by atoms with Crippen LogP contribution >= 0.6 is 0 Å². The van der Waals surface area contributed by atoms with Gasteiger partial charge in [0.2, 0.25) is 0 Å². The lowest BCUT2D eigenvalue weighted by molar-refractivity contribution is -0.384. The van der Waals surface area contributed by atoms with E-state index in [-0.39, 0.29) is 47.0 Å². The minimum atomic E-state index is -4.47. The number of esters is 1. The molecule has 6 aromatic carbocycles. The van der Waals surface area contributed by atoms with Crippen LogP contribution in [-0.4, -0.2) is 123 Å². The maximum Gasteiger partial charge on any atom is 0.416 e. The Morgan fingerprint density at radius 3 is 1.03 bits per heavy atom. The van der Waals surface area contributed by atoms with Crippen molar-refractivity contribution in [2.45, 2.75) is 102 Å². The first-order valence-electron chi connectivity index (χ1n) is 38.0. The van der Waals surface area contributed by atoms with Gasteiger partial charge in [-0.05, 0) is 216 Å². The lowest BCUT2D eigenvalue weighted by Gasteiger charge is -2.29. The van der Waals surface area contributed by atoms with Gasteiger partial charge in [-0.3, -0.25) is 59.9 Å². The molecule has 0 bridgehead atoms. The Morgan fingerprint density at radius 2 is 0.709 bits per heavy atom. The molecule has 608 valence electrons. The summed E-state index contributed by atoms with van der Waals surface area (Å²) in [6.45, 7) is 7.30. The molecule has 4 aliphatic rings. The minimum absolute atomic E-state index is 0.0208. The monoisotopic (exact) mass is 1610 g/mol. The molecule has 4 aromatic heterocycles. The zero-order valence-corrected chi connectivity index (χ0v) is 63.7. The molecule has 0 atom stereocenters.